The molecule has 0 bridgehead atoms. The van der Waals surface area contributed by atoms with Crippen LogP contribution in [0.25, 0.3) is 99.7 Å². The first-order chi connectivity index (χ1) is 35.8. The van der Waals surface area contributed by atoms with Gasteiger partial charge in [-0.05, 0) is 127 Å². The number of rotatable bonds is 11. The molecule has 0 saturated heterocycles. The first-order valence-electron chi connectivity index (χ1n) is 24.5. The van der Waals surface area contributed by atoms with Gasteiger partial charge in [0.2, 0.25) is 0 Å². The number of pyridine rings is 2. The molecule has 0 saturated carbocycles. The minimum Gasteiger partial charge on any atom is -0.306 e. The predicted molar refractivity (Wildman–Crippen MR) is 281 cm³/mol. The lowest BCUT2D eigenvalue weighted by Gasteiger charge is -2.17. The number of aryl methyl sites for hydroxylation is 2. The molecule has 11 aromatic rings. The molecule has 0 unspecified atom stereocenters. The highest BCUT2D eigenvalue weighted by atomic mass is 19.4. The lowest BCUT2D eigenvalue weighted by atomic mass is 9.99. The second kappa shape index (κ2) is 18.7. The Morgan fingerprint density at radius 3 is 1.24 bits per heavy atom. The Balaban J connectivity index is 1.38. The average Bonchev–Trinajstić information content (AvgIpc) is 3.99. The van der Waals surface area contributed by atoms with E-state index in [9.17, 15) is 36.9 Å². The van der Waals surface area contributed by atoms with Crippen LogP contribution in [-0.4, -0.2) is 19.1 Å². The number of alkyl halides is 6. The summed E-state index contributed by atoms with van der Waals surface area (Å²) in [5.41, 5.74) is 9.77. The fraction of sp³-hybridized carbons (Fsp3) is 0.161. The third-order valence-electron chi connectivity index (χ3n) is 14.0. The second-order valence-corrected chi connectivity index (χ2v) is 18.7. The maximum absolute atomic E-state index is 14.7. The second-order valence-electron chi connectivity index (χ2n) is 18.7. The molecule has 0 spiro atoms. The number of benzene rings is 7. The average molecular weight is 987 g/mol. The number of hydrogen-bond donors (Lipinski definition) is 0. The van der Waals surface area contributed by atoms with Gasteiger partial charge in [-0.25, -0.2) is 9.97 Å². The van der Waals surface area contributed by atoms with E-state index in [4.69, 9.17) is 9.97 Å². The highest BCUT2D eigenvalue weighted by Crippen LogP contribution is 2.50. The van der Waals surface area contributed by atoms with Gasteiger partial charge in [-0.1, -0.05) is 106 Å². The van der Waals surface area contributed by atoms with Crippen molar-refractivity contribution in [2.75, 3.05) is 0 Å². The lowest BCUT2D eigenvalue weighted by Crippen LogP contribution is -2.05. The molecule has 6 nitrogen and oxygen atoms in total. The molecule has 0 fully saturated rings. The molecule has 7 aromatic carbocycles. The summed E-state index contributed by atoms with van der Waals surface area (Å²) in [7, 11) is 0. The number of aromatic nitrogens is 4. The van der Waals surface area contributed by atoms with Crippen molar-refractivity contribution in [1.29, 1.82) is 10.5 Å². The number of unbranched alkanes of at least 4 members (excludes halogenated alkanes) is 2. The van der Waals surface area contributed by atoms with Gasteiger partial charge in [-0.15, -0.1) is 0 Å². The quantitative estimate of drug-likeness (QED) is 0.121. The summed E-state index contributed by atoms with van der Waals surface area (Å²) in [5.74, 6) is 0. The molecule has 0 aliphatic heterocycles. The standard InChI is InChI=1S/C62H44F6N6/c1-3-5-7-37-13-27-47(28-14-37)73-57-49-31-23-44(41-21-24-45(25-22-41)61(63,64)65)33-51(49)71-55(42-17-9-39(35-69)10-18-42)53(57)59-60(73)54-56(43-19-11-40(36-70)12-20-43)72-52-34-46(62(66,67)68)26-32-50(52)58(54)74(59)48-29-15-38(16-30-48)8-6-4-2/h9-34H,3-8H2,1-2H3. The molecule has 0 amide bonds. The van der Waals surface area contributed by atoms with Crippen molar-refractivity contribution in [2.24, 2.45) is 0 Å². The third-order valence-corrected chi connectivity index (χ3v) is 14.0. The topological polar surface area (TPSA) is 83.2 Å². The Morgan fingerprint density at radius 2 is 0.824 bits per heavy atom. The first kappa shape index (κ1) is 47.6. The molecular formula is C62H44F6N6. The van der Waals surface area contributed by atoms with Gasteiger partial charge in [0.25, 0.3) is 0 Å². The highest BCUT2D eigenvalue weighted by molar-refractivity contribution is 6.31. The van der Waals surface area contributed by atoms with Crippen LogP contribution in [0.3, 0.4) is 0 Å². The van der Waals surface area contributed by atoms with Gasteiger partial charge in [-0.3, -0.25) is 0 Å². The van der Waals surface area contributed by atoms with Gasteiger partial charge >= 0.3 is 12.4 Å². The van der Waals surface area contributed by atoms with E-state index >= 15 is 0 Å². The van der Waals surface area contributed by atoms with Gasteiger partial charge in [0.1, 0.15) is 0 Å². The van der Waals surface area contributed by atoms with Crippen LogP contribution in [0.1, 0.15) is 72.9 Å². The van der Waals surface area contributed by atoms with Gasteiger partial charge in [-0.2, -0.15) is 36.9 Å². The molecule has 4 heterocycles. The van der Waals surface area contributed by atoms with E-state index in [1.165, 1.54) is 18.2 Å². The van der Waals surface area contributed by atoms with Crippen LogP contribution in [-0.2, 0) is 25.2 Å². The Morgan fingerprint density at radius 1 is 0.432 bits per heavy atom. The zero-order valence-corrected chi connectivity index (χ0v) is 40.2. The number of halogens is 6. The number of nitriles is 2. The molecule has 11 rings (SSSR count). The highest BCUT2D eigenvalue weighted by Gasteiger charge is 2.34. The summed E-state index contributed by atoms with van der Waals surface area (Å²) >= 11 is 0. The monoisotopic (exact) mass is 986 g/mol. The summed E-state index contributed by atoms with van der Waals surface area (Å²) in [6.45, 7) is 4.28. The maximum atomic E-state index is 14.7. The zero-order valence-electron chi connectivity index (χ0n) is 40.2. The van der Waals surface area contributed by atoms with E-state index in [-0.39, 0.29) is 5.52 Å². The largest absolute Gasteiger partial charge is 0.416 e. The Hall–Kier alpha value is -8.74. The SMILES string of the molecule is CCCCc1ccc(-n2c3c4ccc(-c5ccc(C(F)(F)F)cc5)cc4nc(-c4ccc(C#N)cc4)c3c3c2c2c(-c4ccc(C#N)cc4)nc4cc(C(F)(F)F)ccc4c2n3-c2ccc(CCCC)cc2)cc1. The molecule has 12 heteroatoms. The number of hydrogen-bond acceptors (Lipinski definition) is 4. The fourth-order valence-electron chi connectivity index (χ4n) is 10.2. The van der Waals surface area contributed by atoms with Gasteiger partial charge in [0.15, 0.2) is 0 Å². The van der Waals surface area contributed by atoms with Crippen molar-refractivity contribution in [3.8, 4) is 57.2 Å². The van der Waals surface area contributed by atoms with Crippen molar-refractivity contribution in [1.82, 2.24) is 19.1 Å². The van der Waals surface area contributed by atoms with E-state index < -0.39 is 23.5 Å². The van der Waals surface area contributed by atoms with Crippen molar-refractivity contribution >= 4 is 54.6 Å². The molecule has 4 aromatic heterocycles. The van der Waals surface area contributed by atoms with Crippen LogP contribution in [0.4, 0.5) is 26.3 Å². The number of fused-ring (bicyclic) bond motifs is 9. The van der Waals surface area contributed by atoms with Crippen molar-refractivity contribution in [3.05, 3.63) is 191 Å². The Kier molecular flexibility index (Phi) is 12.0. The third kappa shape index (κ3) is 8.36. The normalized spacial score (nSPS) is 12.1. The molecule has 74 heavy (non-hydrogen) atoms. The summed E-state index contributed by atoms with van der Waals surface area (Å²) < 4.78 is 89.5. The Bertz CT molecular complexity index is 4040. The van der Waals surface area contributed by atoms with Crippen LogP contribution >= 0.6 is 0 Å². The molecule has 0 atom stereocenters. The lowest BCUT2D eigenvalue weighted by molar-refractivity contribution is -0.138. The molecule has 0 N–H and O–H groups in total. The number of nitrogens with zero attached hydrogens (tertiary/aromatic N) is 6. The van der Waals surface area contributed by atoms with Crippen LogP contribution in [0.15, 0.2) is 158 Å². The van der Waals surface area contributed by atoms with Gasteiger partial charge < -0.3 is 9.13 Å². The van der Waals surface area contributed by atoms with Crippen LogP contribution in [0.2, 0.25) is 0 Å². The summed E-state index contributed by atoms with van der Waals surface area (Å²) in [5, 5.41) is 22.4. The zero-order chi connectivity index (χ0) is 51.5. The van der Waals surface area contributed by atoms with E-state index in [1.807, 2.05) is 42.5 Å². The smallest absolute Gasteiger partial charge is 0.306 e. The summed E-state index contributed by atoms with van der Waals surface area (Å²) in [4.78, 5) is 10.6. The van der Waals surface area contributed by atoms with Gasteiger partial charge in [0, 0.05) is 33.3 Å². The molecular weight excluding hydrogens is 943 g/mol. The fourth-order valence-corrected chi connectivity index (χ4v) is 10.2. The predicted octanol–water partition coefficient (Wildman–Crippen LogP) is 17.3. The summed E-state index contributed by atoms with van der Waals surface area (Å²) in [6.07, 6.45) is -3.45. The minimum absolute atomic E-state index is 0.121. The van der Waals surface area contributed by atoms with Crippen LogP contribution in [0.5, 0.6) is 0 Å². The van der Waals surface area contributed by atoms with E-state index in [0.717, 1.165) is 96.2 Å². The van der Waals surface area contributed by atoms with Crippen molar-refractivity contribution in [3.63, 3.8) is 0 Å². The van der Waals surface area contributed by atoms with E-state index in [0.29, 0.717) is 83.0 Å². The first-order valence-corrected chi connectivity index (χ1v) is 24.5. The minimum atomic E-state index is -4.66. The van der Waals surface area contributed by atoms with Crippen LogP contribution in [0, 0.1) is 22.7 Å². The molecule has 0 aliphatic carbocycles. The van der Waals surface area contributed by atoms with Crippen LogP contribution < -0.4 is 0 Å². The summed E-state index contributed by atoms with van der Waals surface area (Å²) in [6, 6.07) is 49.4. The van der Waals surface area contributed by atoms with E-state index in [2.05, 4.69) is 71.5 Å². The van der Waals surface area contributed by atoms with E-state index in [1.54, 1.807) is 36.4 Å². The van der Waals surface area contributed by atoms with Crippen molar-refractivity contribution < 1.29 is 26.3 Å². The molecule has 0 aliphatic rings. The molecule has 364 valence electrons. The Labute approximate surface area is 422 Å². The molecule has 0 radical (unpaired) electrons. The van der Waals surface area contributed by atoms with Gasteiger partial charge in [0.05, 0.1) is 89.7 Å². The van der Waals surface area contributed by atoms with Crippen molar-refractivity contribution in [2.45, 2.75) is 64.7 Å². The maximum Gasteiger partial charge on any atom is 0.416 e.